The molecule has 0 heterocycles. The average molecular weight is 567 g/mol. The van der Waals surface area contributed by atoms with Gasteiger partial charge in [0.15, 0.2) is 6.10 Å². The molecule has 2 unspecified atom stereocenters. The molecule has 0 spiro atoms. The van der Waals surface area contributed by atoms with Gasteiger partial charge in [0.2, 0.25) is 0 Å². The molecule has 0 aliphatic heterocycles. The number of hydrogen-bond donors (Lipinski definition) is 1. The van der Waals surface area contributed by atoms with Gasteiger partial charge in [0.25, 0.3) is 0 Å². The van der Waals surface area contributed by atoms with Crippen LogP contribution in [-0.4, -0.2) is 74.9 Å². The Hall–Kier alpha value is -0.990. The Morgan fingerprint density at radius 1 is 0.711 bits per heavy atom. The number of carbonyl (C=O) groups excluding carboxylic acids is 2. The van der Waals surface area contributed by atoms with Crippen molar-refractivity contribution in [3.8, 4) is 0 Å². The molecule has 0 saturated carbocycles. The number of likely N-dealkylation sites (N-methyl/N-ethyl adjacent to an activating group) is 1. The lowest BCUT2D eigenvalue weighted by molar-refractivity contribution is -0.870. The molecule has 0 rings (SSSR count). The number of phosphoric ester groups is 1. The summed E-state index contributed by atoms with van der Waals surface area (Å²) in [5.74, 6) is -0.839. The van der Waals surface area contributed by atoms with Gasteiger partial charge in [-0.25, -0.2) is 4.57 Å². The smallest absolute Gasteiger partial charge is 0.462 e. The zero-order valence-electron chi connectivity index (χ0n) is 24.9. The third kappa shape index (κ3) is 25.3. The minimum absolute atomic E-state index is 0.0344. The van der Waals surface area contributed by atoms with Crippen LogP contribution in [-0.2, 0) is 32.7 Å². The van der Waals surface area contributed by atoms with Crippen LogP contribution >= 0.6 is 7.82 Å². The Labute approximate surface area is 232 Å². The van der Waals surface area contributed by atoms with Crippen LogP contribution < -0.4 is 0 Å². The van der Waals surface area contributed by atoms with Crippen molar-refractivity contribution in [3.05, 3.63) is 0 Å². The molecule has 10 heteroatoms. The third-order valence-corrected chi connectivity index (χ3v) is 7.12. The Morgan fingerprint density at radius 2 is 1.21 bits per heavy atom. The van der Waals surface area contributed by atoms with Crippen LogP contribution in [0.25, 0.3) is 0 Å². The second kappa shape index (κ2) is 22.8. The van der Waals surface area contributed by atoms with E-state index < -0.39 is 32.5 Å². The summed E-state index contributed by atoms with van der Waals surface area (Å²) < 4.78 is 33.5. The summed E-state index contributed by atoms with van der Waals surface area (Å²) in [6.45, 7) is 4.13. The molecule has 0 radical (unpaired) electrons. The molecule has 0 fully saturated rings. The number of hydrogen-bond acceptors (Lipinski definition) is 7. The summed E-state index contributed by atoms with van der Waals surface area (Å²) in [5, 5.41) is 0. The molecule has 0 aliphatic carbocycles. The number of ether oxygens (including phenoxy) is 2. The molecule has 0 bridgehead atoms. The molecule has 0 aromatic rings. The van der Waals surface area contributed by atoms with Crippen LogP contribution in [0.3, 0.4) is 0 Å². The first-order chi connectivity index (χ1) is 18.0. The minimum Gasteiger partial charge on any atom is -0.462 e. The van der Waals surface area contributed by atoms with E-state index in [1.165, 1.54) is 57.8 Å². The van der Waals surface area contributed by atoms with Crippen molar-refractivity contribution in [1.82, 2.24) is 0 Å². The number of phosphoric acid groups is 1. The normalized spacial score (nSPS) is 14.2. The third-order valence-electron chi connectivity index (χ3n) is 6.14. The first kappa shape index (κ1) is 37.0. The molecule has 1 N–H and O–H groups in total. The van der Waals surface area contributed by atoms with Crippen molar-refractivity contribution in [2.24, 2.45) is 0 Å². The maximum absolute atomic E-state index is 12.4. The van der Waals surface area contributed by atoms with Crippen LogP contribution in [0.5, 0.6) is 0 Å². The van der Waals surface area contributed by atoms with Gasteiger partial charge in [-0.3, -0.25) is 18.6 Å². The number of esters is 2. The topological polar surface area (TPSA) is 108 Å². The highest BCUT2D eigenvalue weighted by Gasteiger charge is 2.27. The van der Waals surface area contributed by atoms with Crippen LogP contribution in [0.15, 0.2) is 0 Å². The number of rotatable bonds is 26. The lowest BCUT2D eigenvalue weighted by Gasteiger charge is -2.24. The van der Waals surface area contributed by atoms with Crippen LogP contribution in [0.1, 0.15) is 117 Å². The SMILES string of the molecule is CCCCCCCCCCCCCCC(=O)OC(COC(=O)CCCC)COP(=O)(O)OCC[N+](C)(C)C. The maximum atomic E-state index is 12.4. The maximum Gasteiger partial charge on any atom is 0.472 e. The van der Waals surface area contributed by atoms with E-state index in [1.54, 1.807) is 0 Å². The van der Waals surface area contributed by atoms with E-state index in [-0.39, 0.29) is 26.1 Å². The predicted molar refractivity (Wildman–Crippen MR) is 151 cm³/mol. The van der Waals surface area contributed by atoms with E-state index in [0.717, 1.165) is 19.3 Å². The first-order valence-electron chi connectivity index (χ1n) is 14.8. The highest BCUT2D eigenvalue weighted by atomic mass is 31.2. The number of nitrogens with zero attached hydrogens (tertiary/aromatic N) is 1. The van der Waals surface area contributed by atoms with Crippen molar-refractivity contribution in [2.75, 3.05) is 47.5 Å². The fourth-order valence-corrected chi connectivity index (χ4v) is 4.44. The molecule has 2 atom stereocenters. The minimum atomic E-state index is -4.33. The summed E-state index contributed by atoms with van der Waals surface area (Å²) in [7, 11) is 1.48. The van der Waals surface area contributed by atoms with E-state index in [9.17, 15) is 19.0 Å². The van der Waals surface area contributed by atoms with Gasteiger partial charge in [0, 0.05) is 12.8 Å². The van der Waals surface area contributed by atoms with Crippen LogP contribution in [0.2, 0.25) is 0 Å². The first-order valence-corrected chi connectivity index (χ1v) is 16.3. The summed E-state index contributed by atoms with van der Waals surface area (Å²) in [5.41, 5.74) is 0. The second-order valence-electron chi connectivity index (χ2n) is 11.1. The molecule has 226 valence electrons. The van der Waals surface area contributed by atoms with Gasteiger partial charge in [0.05, 0.1) is 27.7 Å². The van der Waals surface area contributed by atoms with Gasteiger partial charge in [-0.1, -0.05) is 90.9 Å². The number of carbonyl (C=O) groups is 2. The average Bonchev–Trinajstić information content (AvgIpc) is 2.84. The van der Waals surface area contributed by atoms with Gasteiger partial charge in [-0.15, -0.1) is 0 Å². The van der Waals surface area contributed by atoms with Gasteiger partial charge >= 0.3 is 19.8 Å². The number of quaternary nitrogens is 1. The van der Waals surface area contributed by atoms with Gasteiger partial charge in [-0.2, -0.15) is 0 Å². The Kier molecular flexibility index (Phi) is 22.2. The molecular weight excluding hydrogens is 509 g/mol. The monoisotopic (exact) mass is 566 g/mol. The van der Waals surface area contributed by atoms with E-state index in [4.69, 9.17) is 18.5 Å². The summed E-state index contributed by atoms with van der Waals surface area (Å²) in [6.07, 6.45) is 15.5. The highest BCUT2D eigenvalue weighted by molar-refractivity contribution is 7.47. The quantitative estimate of drug-likeness (QED) is 0.0543. The molecule has 0 aromatic carbocycles. The summed E-state index contributed by atoms with van der Waals surface area (Å²) in [4.78, 5) is 34.2. The van der Waals surface area contributed by atoms with E-state index in [2.05, 4.69) is 6.92 Å². The Morgan fingerprint density at radius 3 is 1.74 bits per heavy atom. The van der Waals surface area contributed by atoms with Gasteiger partial charge < -0.3 is 18.9 Å². The second-order valence-corrected chi connectivity index (χ2v) is 12.6. The molecule has 0 aliphatic rings. The van der Waals surface area contributed by atoms with Gasteiger partial charge in [0.1, 0.15) is 19.8 Å². The van der Waals surface area contributed by atoms with Crippen molar-refractivity contribution in [3.63, 3.8) is 0 Å². The van der Waals surface area contributed by atoms with E-state index >= 15 is 0 Å². The van der Waals surface area contributed by atoms with Gasteiger partial charge in [-0.05, 0) is 12.8 Å². The van der Waals surface area contributed by atoms with Crippen molar-refractivity contribution >= 4 is 19.8 Å². The van der Waals surface area contributed by atoms with Crippen LogP contribution in [0.4, 0.5) is 0 Å². The molecular formula is C28H57NO8P+. The molecule has 9 nitrogen and oxygen atoms in total. The number of unbranched alkanes of at least 4 members (excludes halogenated alkanes) is 12. The summed E-state index contributed by atoms with van der Waals surface area (Å²) in [6, 6.07) is 0. The van der Waals surface area contributed by atoms with E-state index in [0.29, 0.717) is 23.9 Å². The lowest BCUT2D eigenvalue weighted by Crippen LogP contribution is -2.37. The Balaban J connectivity index is 4.34. The zero-order chi connectivity index (χ0) is 28.7. The van der Waals surface area contributed by atoms with Crippen molar-refractivity contribution in [2.45, 2.75) is 123 Å². The molecule has 0 saturated heterocycles. The largest absolute Gasteiger partial charge is 0.472 e. The van der Waals surface area contributed by atoms with Crippen molar-refractivity contribution < 1.29 is 42.1 Å². The molecule has 38 heavy (non-hydrogen) atoms. The van der Waals surface area contributed by atoms with Crippen molar-refractivity contribution in [1.29, 1.82) is 0 Å². The fraction of sp³-hybridized carbons (Fsp3) is 0.929. The Bertz CT molecular complexity index is 653. The van der Waals surface area contributed by atoms with E-state index in [1.807, 2.05) is 28.1 Å². The molecule has 0 aromatic heterocycles. The fourth-order valence-electron chi connectivity index (χ4n) is 3.70. The predicted octanol–water partition coefficient (Wildman–Crippen LogP) is 6.56. The summed E-state index contributed by atoms with van der Waals surface area (Å²) >= 11 is 0. The zero-order valence-corrected chi connectivity index (χ0v) is 25.8. The lowest BCUT2D eigenvalue weighted by atomic mass is 10.0. The standard InChI is InChI=1S/C28H56NO8P/c1-6-8-10-11-12-13-14-15-16-17-18-19-21-28(31)37-26(24-34-27(30)20-9-7-2)25-36-38(32,33)35-23-22-29(3,4)5/h26H,6-25H2,1-5H3/p+1. The highest BCUT2D eigenvalue weighted by Crippen LogP contribution is 2.43. The molecule has 0 amide bonds. The van der Waals surface area contributed by atoms with Crippen LogP contribution in [0, 0.1) is 0 Å².